The van der Waals surface area contributed by atoms with E-state index in [2.05, 4.69) is 30.5 Å². The fraction of sp³-hybridized carbons (Fsp3) is 0.139. The molecule has 12 nitrogen and oxygen atoms in total. The van der Waals surface area contributed by atoms with Gasteiger partial charge in [-0.1, -0.05) is 41.9 Å². The maximum absolute atomic E-state index is 13.8. The quantitative estimate of drug-likeness (QED) is 0.190. The normalized spacial score (nSPS) is 17.0. The van der Waals surface area contributed by atoms with Gasteiger partial charge in [-0.3, -0.25) is 19.5 Å². The van der Waals surface area contributed by atoms with Crippen LogP contribution >= 0.6 is 11.6 Å². The van der Waals surface area contributed by atoms with Crippen LogP contribution in [0.15, 0.2) is 90.0 Å². The molecule has 16 heteroatoms. The summed E-state index contributed by atoms with van der Waals surface area (Å²) in [5, 5.41) is 15.1. The second kappa shape index (κ2) is 11.3. The van der Waals surface area contributed by atoms with Gasteiger partial charge in [-0.05, 0) is 66.4 Å². The molecule has 0 aliphatic carbocycles. The minimum atomic E-state index is -4.67. The molecule has 0 saturated carbocycles. The van der Waals surface area contributed by atoms with E-state index in [1.807, 2.05) is 25.1 Å². The third kappa shape index (κ3) is 4.87. The zero-order valence-corrected chi connectivity index (χ0v) is 27.6. The number of H-pyrrole nitrogens is 2. The summed E-state index contributed by atoms with van der Waals surface area (Å²) >= 11 is 6.30. The van der Waals surface area contributed by atoms with Gasteiger partial charge in [0.2, 0.25) is 0 Å². The van der Waals surface area contributed by atoms with Gasteiger partial charge >= 0.3 is 6.18 Å². The number of imidazole rings is 1. The fourth-order valence-electron chi connectivity index (χ4n) is 7.16. The number of halogens is 4. The molecule has 6 heterocycles. The Morgan fingerprint density at radius 2 is 1.67 bits per heavy atom. The highest BCUT2D eigenvalue weighted by Gasteiger charge is 2.39. The van der Waals surface area contributed by atoms with Crippen LogP contribution in [0.2, 0.25) is 5.02 Å². The summed E-state index contributed by atoms with van der Waals surface area (Å²) in [6.45, 7) is 2.01. The largest absolute Gasteiger partial charge is 0.436 e. The summed E-state index contributed by atoms with van der Waals surface area (Å²) < 4.78 is 42.5. The zero-order chi connectivity index (χ0) is 36.1. The SMILES string of the molecule is C[C@H]1Cc2cc(-c3cc(Cl)ccc3-n3cc(C(F)(F)F)nn3)cc(=O)n2[C@@H]1c1ncc(-c2ccc3c(N4C(=O)c5ccccc5C4=O)n[nH]c3c2)[nH]1. The molecular weight excluding hydrogens is 699 g/mol. The number of carbonyl (C=O) groups is 2. The van der Waals surface area contributed by atoms with Crippen LogP contribution in [0.5, 0.6) is 0 Å². The molecule has 0 radical (unpaired) electrons. The van der Waals surface area contributed by atoms with Crippen LogP contribution in [0.1, 0.15) is 50.9 Å². The maximum Gasteiger partial charge on any atom is 0.436 e. The highest BCUT2D eigenvalue weighted by molar-refractivity contribution is 6.35. The summed E-state index contributed by atoms with van der Waals surface area (Å²) in [5.74, 6) is -0.133. The number of hydrogen-bond donors (Lipinski definition) is 2. The number of rotatable bonds is 5. The number of hydrogen-bond acceptors (Lipinski definition) is 7. The van der Waals surface area contributed by atoms with Crippen LogP contribution in [-0.4, -0.2) is 51.5 Å². The summed E-state index contributed by atoms with van der Waals surface area (Å²) in [7, 11) is 0. The first-order chi connectivity index (χ1) is 25.0. The van der Waals surface area contributed by atoms with Crippen molar-refractivity contribution in [3.63, 3.8) is 0 Å². The van der Waals surface area contributed by atoms with Crippen LogP contribution in [0.25, 0.3) is 39.0 Å². The molecule has 52 heavy (non-hydrogen) atoms. The first-order valence-electron chi connectivity index (χ1n) is 16.0. The molecule has 9 rings (SSSR count). The molecule has 0 saturated heterocycles. The molecule has 2 aliphatic heterocycles. The van der Waals surface area contributed by atoms with Crippen molar-refractivity contribution in [2.45, 2.75) is 25.6 Å². The standard InChI is InChI=1S/C36H23ClF3N9O3/c1-17-10-21-11-19(25-14-20(37)7-9-28(25)47-16-29(44-46-47)36(38,39)40)13-30(50)48(21)31(17)32-41-15-27(42-32)18-6-8-24-26(12-18)43-45-33(24)49-34(51)22-4-2-3-5-23(22)35(49)52/h2-9,11-17,31H,10H2,1H3,(H,41,42)(H,43,45)/t17-,31-/m0/s1. The van der Waals surface area contributed by atoms with Gasteiger partial charge in [-0.25, -0.2) is 14.6 Å². The van der Waals surface area contributed by atoms with Gasteiger partial charge in [-0.2, -0.15) is 18.3 Å². The highest BCUT2D eigenvalue weighted by Crippen LogP contribution is 2.39. The van der Waals surface area contributed by atoms with Crippen molar-refractivity contribution in [2.24, 2.45) is 5.92 Å². The van der Waals surface area contributed by atoms with Crippen molar-refractivity contribution in [3.8, 4) is 28.1 Å². The van der Waals surface area contributed by atoms with Crippen molar-refractivity contribution >= 4 is 40.1 Å². The van der Waals surface area contributed by atoms with Crippen LogP contribution in [0, 0.1) is 5.92 Å². The molecule has 0 bridgehead atoms. The average Bonchev–Trinajstić information content (AvgIpc) is 3.95. The van der Waals surface area contributed by atoms with Crippen LogP contribution < -0.4 is 10.5 Å². The molecule has 2 aliphatic rings. The monoisotopic (exact) mass is 721 g/mol. The Hall–Kier alpha value is -6.35. The summed E-state index contributed by atoms with van der Waals surface area (Å²) in [6, 6.07) is 19.5. The molecule has 3 aromatic carbocycles. The lowest BCUT2D eigenvalue weighted by atomic mass is 10.00. The van der Waals surface area contributed by atoms with Crippen molar-refractivity contribution in [1.29, 1.82) is 0 Å². The number of fused-ring (bicyclic) bond motifs is 3. The van der Waals surface area contributed by atoms with Gasteiger partial charge in [0.05, 0.1) is 46.5 Å². The fourth-order valence-corrected chi connectivity index (χ4v) is 7.33. The Morgan fingerprint density at radius 3 is 2.40 bits per heavy atom. The smallest absolute Gasteiger partial charge is 0.340 e. The summed E-state index contributed by atoms with van der Waals surface area (Å²) in [6.07, 6.45) is -1.68. The first kappa shape index (κ1) is 31.6. The van der Waals surface area contributed by atoms with Crippen molar-refractivity contribution in [1.82, 2.24) is 39.7 Å². The van der Waals surface area contributed by atoms with Crippen LogP contribution in [-0.2, 0) is 12.6 Å². The number of nitrogens with zero attached hydrogens (tertiary/aromatic N) is 7. The Kier molecular flexibility index (Phi) is 6.89. The minimum absolute atomic E-state index is 0.0391. The number of carbonyl (C=O) groups excluding carboxylic acids is 2. The van der Waals surface area contributed by atoms with E-state index in [9.17, 15) is 27.6 Å². The number of aromatic nitrogens is 8. The van der Waals surface area contributed by atoms with E-state index in [0.717, 1.165) is 27.0 Å². The topological polar surface area (TPSA) is 147 Å². The highest BCUT2D eigenvalue weighted by atomic mass is 35.5. The molecule has 4 aromatic heterocycles. The van der Waals surface area contributed by atoms with Crippen LogP contribution in [0.3, 0.4) is 0 Å². The number of benzene rings is 3. The molecular formula is C36H23ClF3N9O3. The summed E-state index contributed by atoms with van der Waals surface area (Å²) in [4.78, 5) is 49.1. The van der Waals surface area contributed by atoms with Gasteiger partial charge in [0.25, 0.3) is 17.4 Å². The van der Waals surface area contributed by atoms with Gasteiger partial charge in [-0.15, -0.1) is 5.10 Å². The summed E-state index contributed by atoms with van der Waals surface area (Å²) in [5.41, 5.74) is 3.11. The van der Waals surface area contributed by atoms with E-state index in [1.165, 1.54) is 18.2 Å². The lowest BCUT2D eigenvalue weighted by molar-refractivity contribution is -0.141. The molecule has 2 amide bonds. The molecule has 0 spiro atoms. The van der Waals surface area contributed by atoms with Crippen molar-refractivity contribution in [2.75, 3.05) is 4.90 Å². The van der Waals surface area contributed by atoms with E-state index in [4.69, 9.17) is 11.6 Å². The van der Waals surface area contributed by atoms with Gasteiger partial charge in [0.1, 0.15) is 5.82 Å². The second-order valence-electron chi connectivity index (χ2n) is 12.8. The molecule has 2 N–H and O–H groups in total. The number of alkyl halides is 3. The number of aromatic amines is 2. The van der Waals surface area contributed by atoms with E-state index in [1.54, 1.807) is 47.2 Å². The maximum atomic E-state index is 13.8. The molecule has 258 valence electrons. The molecule has 0 unspecified atom stereocenters. The number of amides is 2. The Labute approximate surface area is 295 Å². The van der Waals surface area contributed by atoms with E-state index < -0.39 is 29.7 Å². The predicted octanol–water partition coefficient (Wildman–Crippen LogP) is 6.62. The number of anilines is 1. The zero-order valence-electron chi connectivity index (χ0n) is 26.8. The molecule has 2 atom stereocenters. The van der Waals surface area contributed by atoms with E-state index in [0.29, 0.717) is 56.1 Å². The Bertz CT molecular complexity index is 2660. The number of imide groups is 1. The Balaban J connectivity index is 1.03. The first-order valence-corrected chi connectivity index (χ1v) is 16.4. The van der Waals surface area contributed by atoms with Gasteiger partial charge in [0.15, 0.2) is 11.5 Å². The van der Waals surface area contributed by atoms with E-state index in [-0.39, 0.29) is 23.0 Å². The van der Waals surface area contributed by atoms with Gasteiger partial charge < -0.3 is 9.55 Å². The van der Waals surface area contributed by atoms with Crippen LogP contribution in [0.4, 0.5) is 19.0 Å². The predicted molar refractivity (Wildman–Crippen MR) is 183 cm³/mol. The number of pyridine rings is 1. The number of nitrogens with one attached hydrogen (secondary N) is 2. The molecule has 0 fully saturated rings. The average molecular weight is 722 g/mol. The Morgan fingerprint density at radius 1 is 0.904 bits per heavy atom. The molecule has 7 aromatic rings. The van der Waals surface area contributed by atoms with E-state index >= 15 is 0 Å². The van der Waals surface area contributed by atoms with Crippen molar-refractivity contribution in [3.05, 3.63) is 129 Å². The lowest BCUT2D eigenvalue weighted by Crippen LogP contribution is -2.29. The van der Waals surface area contributed by atoms with Gasteiger partial charge in [0, 0.05) is 33.3 Å². The van der Waals surface area contributed by atoms with Crippen molar-refractivity contribution < 1.29 is 22.8 Å². The lowest BCUT2D eigenvalue weighted by Gasteiger charge is -2.17. The third-order valence-electron chi connectivity index (χ3n) is 9.53. The second-order valence-corrected chi connectivity index (χ2v) is 13.2. The minimum Gasteiger partial charge on any atom is -0.340 e. The third-order valence-corrected chi connectivity index (χ3v) is 9.77.